The fraction of sp³-hybridized carbons (Fsp3) is 0.381. The number of anilines is 3. The number of carbonyl (C=O) groups is 3. The molecule has 5 N–H and O–H groups in total. The molecule has 3 aromatic carbocycles. The van der Waals surface area contributed by atoms with E-state index in [1.54, 1.807) is 12.1 Å². The van der Waals surface area contributed by atoms with Gasteiger partial charge in [-0.05, 0) is 99.7 Å². The lowest BCUT2D eigenvalue weighted by Crippen LogP contribution is -2.28. The molecule has 58 heavy (non-hydrogen) atoms. The number of carboxylic acids is 1. The SMILES string of the molecule is CC1(C)C2=[N+](CCCCCC(=O)Nc3cc(cc(C(=O)O)c3)NC(=O)CCCCCN3/C(=C/C=C/2)C(C)(C)c2cc(S(=O)(=O)O)ccc23)c2ccc(S(=O)(=O)O)cc21. The van der Waals surface area contributed by atoms with E-state index in [2.05, 4.69) is 20.1 Å². The van der Waals surface area contributed by atoms with Crippen LogP contribution in [-0.2, 0) is 40.7 Å². The van der Waals surface area contributed by atoms with E-state index >= 15 is 0 Å². The second-order valence-electron chi connectivity index (χ2n) is 16.0. The molecule has 14 nitrogen and oxygen atoms in total. The Morgan fingerprint density at radius 2 is 1.29 bits per heavy atom. The first-order chi connectivity index (χ1) is 27.2. The standard InChI is InChI=1S/C42H48N4O10S2/c1-41(2)32-25-30(57(51,52)53)16-18-34(32)45-20-9-5-7-14-38(47)43-28-22-27(40(49)50)23-29(24-28)44-39(48)15-8-6-10-21-46-35-19-17-31(58(54,55)56)26-33(35)42(3,4)37(46)13-11-12-36(41)45/h11-13,16-19,22-26H,5-10,14-15,20-21H2,1-4H3,(H4-,43,44,47,48,49,50,51,52,53,54,55,56)/p+1. The van der Waals surface area contributed by atoms with Crippen LogP contribution in [0.15, 0.2) is 88.3 Å². The third-order valence-electron chi connectivity index (χ3n) is 11.1. The van der Waals surface area contributed by atoms with Gasteiger partial charge in [-0.15, -0.1) is 0 Å². The largest absolute Gasteiger partial charge is 0.478 e. The normalized spacial score (nSPS) is 20.6. The summed E-state index contributed by atoms with van der Waals surface area (Å²) in [5.74, 6) is -1.81. The molecule has 0 aliphatic carbocycles. The number of fused-ring (bicyclic) bond motifs is 7. The molecule has 0 saturated heterocycles. The Labute approximate surface area is 338 Å². The molecule has 6 rings (SSSR count). The molecule has 3 aliphatic heterocycles. The zero-order valence-electron chi connectivity index (χ0n) is 32.9. The Hall–Kier alpha value is -5.16. The quantitative estimate of drug-likeness (QED) is 0.132. The van der Waals surface area contributed by atoms with E-state index in [-0.39, 0.29) is 51.4 Å². The van der Waals surface area contributed by atoms with Crippen molar-refractivity contribution in [2.75, 3.05) is 28.6 Å². The number of carboxylic acid groups (broad SMARTS) is 1. The summed E-state index contributed by atoms with van der Waals surface area (Å²) in [5, 5.41) is 15.2. The van der Waals surface area contributed by atoms with Crippen molar-refractivity contribution in [1.29, 1.82) is 0 Å². The fourth-order valence-corrected chi connectivity index (χ4v) is 9.16. The van der Waals surface area contributed by atoms with Crippen LogP contribution >= 0.6 is 0 Å². The van der Waals surface area contributed by atoms with Gasteiger partial charge in [-0.2, -0.15) is 21.4 Å². The fourth-order valence-electron chi connectivity index (χ4n) is 8.15. The molecule has 0 radical (unpaired) electrons. The maximum Gasteiger partial charge on any atom is 0.335 e. The molecule has 0 spiro atoms. The van der Waals surface area contributed by atoms with Crippen molar-refractivity contribution in [3.05, 3.63) is 95.2 Å². The molecule has 0 saturated carbocycles. The van der Waals surface area contributed by atoms with Crippen LogP contribution in [0.4, 0.5) is 22.7 Å². The van der Waals surface area contributed by atoms with Crippen molar-refractivity contribution in [3.8, 4) is 0 Å². The minimum Gasteiger partial charge on any atom is -0.478 e. The molecule has 3 aromatic rings. The zero-order chi connectivity index (χ0) is 42.2. The van der Waals surface area contributed by atoms with Gasteiger partial charge in [-0.3, -0.25) is 18.7 Å². The summed E-state index contributed by atoms with van der Waals surface area (Å²) in [5.41, 5.74) is 3.80. The predicted molar refractivity (Wildman–Crippen MR) is 221 cm³/mol. The molecule has 0 atom stereocenters. The molecule has 0 aromatic heterocycles. The first-order valence-electron chi connectivity index (χ1n) is 19.2. The van der Waals surface area contributed by atoms with Gasteiger partial charge < -0.3 is 20.6 Å². The average Bonchev–Trinajstić information content (AvgIpc) is 3.47. The number of aromatic carboxylic acids is 1. The van der Waals surface area contributed by atoms with Crippen LogP contribution in [0.25, 0.3) is 0 Å². The lowest BCUT2D eigenvalue weighted by atomic mass is 9.81. The summed E-state index contributed by atoms with van der Waals surface area (Å²) in [6, 6.07) is 13.3. The van der Waals surface area contributed by atoms with Gasteiger partial charge in [-0.1, -0.05) is 26.3 Å². The molecule has 3 heterocycles. The van der Waals surface area contributed by atoms with Gasteiger partial charge >= 0.3 is 5.97 Å². The summed E-state index contributed by atoms with van der Waals surface area (Å²) in [4.78, 5) is 39.5. The highest BCUT2D eigenvalue weighted by atomic mass is 32.2. The summed E-state index contributed by atoms with van der Waals surface area (Å²) in [6.07, 6.45) is 9.93. The Kier molecular flexibility index (Phi) is 11.9. The number of amides is 2. The number of hydrogen-bond acceptors (Lipinski definition) is 8. The van der Waals surface area contributed by atoms with Crippen LogP contribution in [0.2, 0.25) is 0 Å². The van der Waals surface area contributed by atoms with Gasteiger partial charge in [0.15, 0.2) is 5.71 Å². The van der Waals surface area contributed by atoms with Gasteiger partial charge in [-0.25, -0.2) is 4.79 Å². The van der Waals surface area contributed by atoms with Gasteiger partial charge in [0, 0.05) is 71.7 Å². The van der Waals surface area contributed by atoms with Crippen LogP contribution in [0.5, 0.6) is 0 Å². The number of nitrogens with zero attached hydrogens (tertiary/aromatic N) is 2. The predicted octanol–water partition coefficient (Wildman–Crippen LogP) is 7.20. The number of nitrogens with one attached hydrogen (secondary N) is 2. The smallest absolute Gasteiger partial charge is 0.335 e. The van der Waals surface area contributed by atoms with E-state index in [4.69, 9.17) is 0 Å². The van der Waals surface area contributed by atoms with E-state index < -0.39 is 37.0 Å². The van der Waals surface area contributed by atoms with Crippen molar-refractivity contribution in [1.82, 2.24) is 0 Å². The van der Waals surface area contributed by atoms with E-state index in [0.29, 0.717) is 51.6 Å². The lowest BCUT2D eigenvalue weighted by molar-refractivity contribution is -0.438. The lowest BCUT2D eigenvalue weighted by Gasteiger charge is -2.27. The first-order valence-corrected chi connectivity index (χ1v) is 22.1. The van der Waals surface area contributed by atoms with E-state index in [9.17, 15) is 45.4 Å². The van der Waals surface area contributed by atoms with E-state index in [1.807, 2.05) is 45.9 Å². The van der Waals surface area contributed by atoms with Crippen LogP contribution in [0.3, 0.4) is 0 Å². The molecule has 308 valence electrons. The summed E-state index contributed by atoms with van der Waals surface area (Å²) in [7, 11) is -8.94. The Bertz CT molecular complexity index is 2500. The Morgan fingerprint density at radius 3 is 1.88 bits per heavy atom. The number of hydrogen-bond donors (Lipinski definition) is 5. The molecule has 3 aliphatic rings. The minimum absolute atomic E-state index is 0.0884. The highest BCUT2D eigenvalue weighted by molar-refractivity contribution is 7.86. The zero-order valence-corrected chi connectivity index (χ0v) is 34.5. The van der Waals surface area contributed by atoms with Crippen molar-refractivity contribution in [2.45, 2.75) is 99.7 Å². The van der Waals surface area contributed by atoms with Crippen molar-refractivity contribution < 1.29 is 50.0 Å². The maximum absolute atomic E-state index is 13.0. The van der Waals surface area contributed by atoms with Crippen LogP contribution in [0, 0.1) is 0 Å². The third-order valence-corrected chi connectivity index (χ3v) is 12.8. The number of rotatable bonds is 3. The van der Waals surface area contributed by atoms with E-state index in [0.717, 1.165) is 33.9 Å². The second-order valence-corrected chi connectivity index (χ2v) is 18.8. The van der Waals surface area contributed by atoms with Crippen molar-refractivity contribution in [2.24, 2.45) is 0 Å². The van der Waals surface area contributed by atoms with Gasteiger partial charge in [0.1, 0.15) is 6.54 Å². The Balaban J connectivity index is 1.39. The molecule has 16 heteroatoms. The van der Waals surface area contributed by atoms with Crippen LogP contribution < -0.4 is 15.5 Å². The number of allylic oxidation sites excluding steroid dienone is 4. The molecule has 2 amide bonds. The van der Waals surface area contributed by atoms with Gasteiger partial charge in [0.25, 0.3) is 20.2 Å². The first kappa shape index (κ1) is 42.4. The van der Waals surface area contributed by atoms with Gasteiger partial charge in [0.2, 0.25) is 17.5 Å². The van der Waals surface area contributed by atoms with Crippen LogP contribution in [-0.4, -0.2) is 72.2 Å². The molecule has 0 unspecified atom stereocenters. The monoisotopic (exact) mass is 833 g/mol. The summed E-state index contributed by atoms with van der Waals surface area (Å²) >= 11 is 0. The molecular weight excluding hydrogens is 785 g/mol. The van der Waals surface area contributed by atoms with Crippen molar-refractivity contribution in [3.63, 3.8) is 0 Å². The Morgan fingerprint density at radius 1 is 0.724 bits per heavy atom. The van der Waals surface area contributed by atoms with Gasteiger partial charge in [0.05, 0.1) is 20.8 Å². The van der Waals surface area contributed by atoms with Crippen molar-refractivity contribution >= 4 is 66.5 Å². The molecular formula is C42H49N4O10S2+. The second kappa shape index (κ2) is 16.2. The summed E-state index contributed by atoms with van der Waals surface area (Å²) < 4.78 is 70.6. The summed E-state index contributed by atoms with van der Waals surface area (Å²) in [6.45, 7) is 8.99. The number of benzene rings is 3. The molecule has 0 fully saturated rings. The highest BCUT2D eigenvalue weighted by Crippen LogP contribution is 2.49. The minimum atomic E-state index is -4.47. The average molecular weight is 834 g/mol. The maximum atomic E-state index is 13.0. The third kappa shape index (κ3) is 8.94. The molecule has 2 bridgehead atoms. The van der Waals surface area contributed by atoms with Crippen LogP contribution in [0.1, 0.15) is 101 Å². The topological polar surface area (TPSA) is 210 Å². The highest BCUT2D eigenvalue weighted by Gasteiger charge is 2.45. The van der Waals surface area contributed by atoms with E-state index in [1.165, 1.54) is 42.5 Å². The number of carbonyl (C=O) groups excluding carboxylic acids is 2.